The van der Waals surface area contributed by atoms with E-state index in [1.54, 1.807) is 0 Å². The zero-order valence-electron chi connectivity index (χ0n) is 13.5. The van der Waals surface area contributed by atoms with Crippen LogP contribution in [-0.4, -0.2) is 29.4 Å². The molecule has 20 heavy (non-hydrogen) atoms. The van der Waals surface area contributed by atoms with Crippen LogP contribution in [0.3, 0.4) is 0 Å². The van der Waals surface area contributed by atoms with Crippen molar-refractivity contribution in [3.63, 3.8) is 0 Å². The highest BCUT2D eigenvalue weighted by Gasteiger charge is 2.45. The van der Waals surface area contributed by atoms with Crippen molar-refractivity contribution in [3.8, 4) is 0 Å². The van der Waals surface area contributed by atoms with E-state index in [1.807, 2.05) is 0 Å². The third kappa shape index (κ3) is 3.19. The summed E-state index contributed by atoms with van der Waals surface area (Å²) in [5.41, 5.74) is 6.07. The van der Waals surface area contributed by atoms with Gasteiger partial charge in [-0.15, -0.1) is 0 Å². The van der Waals surface area contributed by atoms with Gasteiger partial charge in [-0.25, -0.2) is 0 Å². The molecule has 3 heteroatoms. The van der Waals surface area contributed by atoms with Gasteiger partial charge < -0.3 is 10.6 Å². The second-order valence-electron chi connectivity index (χ2n) is 7.51. The van der Waals surface area contributed by atoms with Crippen LogP contribution in [-0.2, 0) is 4.79 Å². The summed E-state index contributed by atoms with van der Waals surface area (Å²) < 4.78 is 0. The van der Waals surface area contributed by atoms with Crippen LogP contribution in [0, 0.1) is 11.3 Å². The van der Waals surface area contributed by atoms with Crippen LogP contribution in [0.15, 0.2) is 0 Å². The lowest BCUT2D eigenvalue weighted by molar-refractivity contribution is -0.147. The van der Waals surface area contributed by atoms with Crippen molar-refractivity contribution >= 4 is 5.91 Å². The molecule has 0 aromatic carbocycles. The highest BCUT2D eigenvalue weighted by Crippen LogP contribution is 2.45. The van der Waals surface area contributed by atoms with Crippen LogP contribution in [0.4, 0.5) is 0 Å². The Morgan fingerprint density at radius 2 is 1.85 bits per heavy atom. The summed E-state index contributed by atoms with van der Waals surface area (Å²) in [5.74, 6) is 1.02. The van der Waals surface area contributed by atoms with E-state index in [0.717, 1.165) is 38.6 Å². The Kier molecular flexibility index (Phi) is 5.11. The van der Waals surface area contributed by atoms with E-state index >= 15 is 0 Å². The predicted octanol–water partition coefficient (Wildman–Crippen LogP) is 3.32. The highest BCUT2D eigenvalue weighted by molar-refractivity contribution is 5.83. The van der Waals surface area contributed by atoms with Gasteiger partial charge in [0.15, 0.2) is 0 Å². The van der Waals surface area contributed by atoms with Crippen molar-refractivity contribution in [3.05, 3.63) is 0 Å². The first-order valence-electron chi connectivity index (χ1n) is 8.53. The third-order valence-electron chi connectivity index (χ3n) is 5.23. The van der Waals surface area contributed by atoms with Gasteiger partial charge in [-0.1, -0.05) is 26.7 Å². The molecule has 2 aliphatic rings. The van der Waals surface area contributed by atoms with Gasteiger partial charge in [-0.05, 0) is 51.4 Å². The predicted molar refractivity (Wildman–Crippen MR) is 83.4 cm³/mol. The maximum absolute atomic E-state index is 13.2. The van der Waals surface area contributed by atoms with E-state index in [4.69, 9.17) is 5.73 Å². The molecule has 2 unspecified atom stereocenters. The molecular formula is C17H32N2O. The summed E-state index contributed by atoms with van der Waals surface area (Å²) in [5, 5.41) is 0. The molecule has 1 amide bonds. The summed E-state index contributed by atoms with van der Waals surface area (Å²) >= 11 is 0. The zero-order chi connectivity index (χ0) is 14.8. The number of likely N-dealkylation sites (tertiary alicyclic amines) is 1. The van der Waals surface area contributed by atoms with Crippen molar-refractivity contribution < 1.29 is 4.79 Å². The van der Waals surface area contributed by atoms with Gasteiger partial charge in [0.1, 0.15) is 0 Å². The van der Waals surface area contributed by atoms with Crippen LogP contribution in [0.25, 0.3) is 0 Å². The Bertz CT molecular complexity index is 332. The van der Waals surface area contributed by atoms with Gasteiger partial charge in [-0.3, -0.25) is 4.79 Å². The molecule has 2 atom stereocenters. The lowest BCUT2D eigenvalue weighted by Gasteiger charge is -2.43. The van der Waals surface area contributed by atoms with Crippen molar-refractivity contribution in [2.75, 3.05) is 6.54 Å². The number of piperidine rings is 1. The second-order valence-corrected chi connectivity index (χ2v) is 7.51. The lowest BCUT2D eigenvalue weighted by atomic mass is 9.76. The Morgan fingerprint density at radius 3 is 2.40 bits per heavy atom. The van der Waals surface area contributed by atoms with Gasteiger partial charge >= 0.3 is 0 Å². The summed E-state index contributed by atoms with van der Waals surface area (Å²) in [4.78, 5) is 15.4. The number of nitrogens with zero attached hydrogens (tertiary/aromatic N) is 1. The second kappa shape index (κ2) is 6.46. The number of hydrogen-bond acceptors (Lipinski definition) is 2. The van der Waals surface area contributed by atoms with Gasteiger partial charge in [0, 0.05) is 24.0 Å². The molecule has 0 aromatic heterocycles. The summed E-state index contributed by atoms with van der Waals surface area (Å²) in [6, 6.07) is 0.359. The first kappa shape index (κ1) is 15.8. The molecule has 0 spiro atoms. The number of hydrogen-bond donors (Lipinski definition) is 1. The molecule has 2 fully saturated rings. The van der Waals surface area contributed by atoms with Crippen LogP contribution >= 0.6 is 0 Å². The fraction of sp³-hybridized carbons (Fsp3) is 0.941. The minimum atomic E-state index is -0.0708. The molecule has 3 nitrogen and oxygen atoms in total. The summed E-state index contributed by atoms with van der Waals surface area (Å²) in [6.07, 6.45) is 9.11. The normalized spacial score (nSPS) is 27.9. The number of carbonyl (C=O) groups excluding carboxylic acids is 1. The van der Waals surface area contributed by atoms with Gasteiger partial charge in [0.25, 0.3) is 0 Å². The van der Waals surface area contributed by atoms with E-state index < -0.39 is 0 Å². The van der Waals surface area contributed by atoms with E-state index in [1.165, 1.54) is 19.3 Å². The quantitative estimate of drug-likeness (QED) is 0.858. The van der Waals surface area contributed by atoms with Gasteiger partial charge in [0.05, 0.1) is 0 Å². The van der Waals surface area contributed by atoms with Crippen molar-refractivity contribution in [1.29, 1.82) is 0 Å². The van der Waals surface area contributed by atoms with E-state index in [2.05, 4.69) is 25.7 Å². The van der Waals surface area contributed by atoms with Crippen LogP contribution in [0.1, 0.15) is 72.1 Å². The molecule has 1 aliphatic carbocycles. The first-order valence-corrected chi connectivity index (χ1v) is 8.53. The lowest BCUT2D eigenvalue weighted by Crippen LogP contribution is -2.55. The summed E-state index contributed by atoms with van der Waals surface area (Å²) in [7, 11) is 0. The minimum absolute atomic E-state index is 0.0708. The molecule has 0 bridgehead atoms. The standard InChI is InChI=1S/C17H32N2O/c1-13(2)12-17(9-5-6-10-17)16(20)19-11-7-4-8-15(19)14(3)18/h13-15H,4-12,18H2,1-3H3. The average molecular weight is 280 g/mol. The monoisotopic (exact) mass is 280 g/mol. The molecule has 0 radical (unpaired) electrons. The first-order chi connectivity index (χ1) is 9.46. The van der Waals surface area contributed by atoms with Crippen LogP contribution in [0.2, 0.25) is 0 Å². The van der Waals surface area contributed by atoms with Crippen LogP contribution in [0.5, 0.6) is 0 Å². The number of carbonyl (C=O) groups is 1. The van der Waals surface area contributed by atoms with Crippen LogP contribution < -0.4 is 5.73 Å². The van der Waals surface area contributed by atoms with Crippen molar-refractivity contribution in [2.24, 2.45) is 17.1 Å². The molecule has 1 aliphatic heterocycles. The fourth-order valence-electron chi connectivity index (χ4n) is 4.40. The topological polar surface area (TPSA) is 46.3 Å². The number of amides is 1. The molecule has 1 heterocycles. The molecule has 0 aromatic rings. The zero-order valence-corrected chi connectivity index (χ0v) is 13.5. The Morgan fingerprint density at radius 1 is 1.20 bits per heavy atom. The molecule has 116 valence electrons. The molecule has 1 saturated heterocycles. The smallest absolute Gasteiger partial charge is 0.229 e. The number of nitrogens with two attached hydrogens (primary N) is 1. The van der Waals surface area contributed by atoms with E-state index in [0.29, 0.717) is 11.8 Å². The van der Waals surface area contributed by atoms with Crippen molar-refractivity contribution in [2.45, 2.75) is 84.2 Å². The molecule has 2 N–H and O–H groups in total. The minimum Gasteiger partial charge on any atom is -0.338 e. The fourth-order valence-corrected chi connectivity index (χ4v) is 4.40. The molecule has 2 rings (SSSR count). The Hall–Kier alpha value is -0.570. The SMILES string of the molecule is CC(C)CC1(C(=O)N2CCCCC2C(C)N)CCCC1. The van der Waals surface area contributed by atoms with Gasteiger partial charge in [0.2, 0.25) is 5.91 Å². The molecular weight excluding hydrogens is 248 g/mol. The summed E-state index contributed by atoms with van der Waals surface area (Å²) in [6.45, 7) is 7.46. The third-order valence-corrected chi connectivity index (χ3v) is 5.23. The highest BCUT2D eigenvalue weighted by atomic mass is 16.2. The van der Waals surface area contributed by atoms with E-state index in [-0.39, 0.29) is 17.5 Å². The van der Waals surface area contributed by atoms with E-state index in [9.17, 15) is 4.79 Å². The largest absolute Gasteiger partial charge is 0.338 e. The maximum atomic E-state index is 13.2. The maximum Gasteiger partial charge on any atom is 0.229 e. The average Bonchev–Trinajstić information content (AvgIpc) is 2.86. The molecule has 1 saturated carbocycles. The number of rotatable bonds is 4. The van der Waals surface area contributed by atoms with Crippen molar-refractivity contribution in [1.82, 2.24) is 4.90 Å². The Balaban J connectivity index is 2.17. The van der Waals surface area contributed by atoms with Gasteiger partial charge in [-0.2, -0.15) is 0 Å². The Labute approximate surface area is 124 Å².